The second-order valence-corrected chi connectivity index (χ2v) is 4.73. The number of aromatic nitrogens is 2. The Morgan fingerprint density at radius 3 is 2.85 bits per heavy atom. The maximum absolute atomic E-state index is 13.8. The SMILES string of the molecule is COC(=O)COC1CCN(c2ncnc(Cl)c2F)CC1. The summed E-state index contributed by atoms with van der Waals surface area (Å²) in [4.78, 5) is 20.3. The van der Waals surface area contributed by atoms with Crippen molar-refractivity contribution < 1.29 is 18.7 Å². The van der Waals surface area contributed by atoms with Crippen LogP contribution in [-0.2, 0) is 14.3 Å². The molecule has 2 heterocycles. The molecular formula is C12H15ClFN3O3. The van der Waals surface area contributed by atoms with E-state index < -0.39 is 11.8 Å². The van der Waals surface area contributed by atoms with E-state index in [1.807, 2.05) is 0 Å². The molecule has 1 aromatic heterocycles. The number of hydrogen-bond acceptors (Lipinski definition) is 6. The Morgan fingerprint density at radius 1 is 1.50 bits per heavy atom. The van der Waals surface area contributed by atoms with Crippen molar-refractivity contribution in [2.45, 2.75) is 18.9 Å². The fourth-order valence-electron chi connectivity index (χ4n) is 2.04. The van der Waals surface area contributed by atoms with Gasteiger partial charge in [-0.3, -0.25) is 0 Å². The topological polar surface area (TPSA) is 64.6 Å². The van der Waals surface area contributed by atoms with Crippen LogP contribution in [0.4, 0.5) is 10.2 Å². The lowest BCUT2D eigenvalue weighted by Crippen LogP contribution is -2.38. The van der Waals surface area contributed by atoms with Crippen LogP contribution in [0, 0.1) is 5.82 Å². The maximum Gasteiger partial charge on any atom is 0.331 e. The summed E-state index contributed by atoms with van der Waals surface area (Å²) in [6.07, 6.45) is 2.56. The average Bonchev–Trinajstić information content (AvgIpc) is 2.48. The van der Waals surface area contributed by atoms with Gasteiger partial charge in [-0.2, -0.15) is 4.39 Å². The van der Waals surface area contributed by atoms with Gasteiger partial charge in [0.2, 0.25) is 5.82 Å². The maximum atomic E-state index is 13.8. The molecule has 1 aliphatic rings. The molecule has 0 aliphatic carbocycles. The van der Waals surface area contributed by atoms with Gasteiger partial charge in [-0.15, -0.1) is 0 Å². The molecular weight excluding hydrogens is 289 g/mol. The van der Waals surface area contributed by atoms with Crippen molar-refractivity contribution in [1.82, 2.24) is 9.97 Å². The predicted octanol–water partition coefficient (Wildman–Crippen LogP) is 1.43. The molecule has 110 valence electrons. The number of carbonyl (C=O) groups is 1. The van der Waals surface area contributed by atoms with Gasteiger partial charge >= 0.3 is 5.97 Å². The van der Waals surface area contributed by atoms with E-state index in [0.717, 1.165) is 0 Å². The first-order valence-corrected chi connectivity index (χ1v) is 6.59. The van der Waals surface area contributed by atoms with Crippen LogP contribution >= 0.6 is 11.6 Å². The number of nitrogens with zero attached hydrogens (tertiary/aromatic N) is 3. The smallest absolute Gasteiger partial charge is 0.331 e. The molecule has 1 aromatic rings. The van der Waals surface area contributed by atoms with Gasteiger partial charge in [0.15, 0.2) is 11.0 Å². The second-order valence-electron chi connectivity index (χ2n) is 4.38. The molecule has 0 radical (unpaired) electrons. The van der Waals surface area contributed by atoms with Gasteiger partial charge in [0.25, 0.3) is 0 Å². The normalized spacial score (nSPS) is 16.2. The third-order valence-corrected chi connectivity index (χ3v) is 3.40. The first kappa shape index (κ1) is 14.9. The molecule has 0 atom stereocenters. The zero-order valence-electron chi connectivity index (χ0n) is 11.0. The molecule has 0 saturated carbocycles. The average molecular weight is 304 g/mol. The van der Waals surface area contributed by atoms with Crippen molar-refractivity contribution in [2.75, 3.05) is 31.7 Å². The van der Waals surface area contributed by atoms with Crippen LogP contribution in [0.15, 0.2) is 6.33 Å². The molecule has 2 rings (SSSR count). The lowest BCUT2D eigenvalue weighted by atomic mass is 10.1. The Labute approximate surface area is 120 Å². The molecule has 6 nitrogen and oxygen atoms in total. The van der Waals surface area contributed by atoms with Gasteiger partial charge in [0.1, 0.15) is 12.9 Å². The molecule has 0 bridgehead atoms. The van der Waals surface area contributed by atoms with Crippen LogP contribution in [0.5, 0.6) is 0 Å². The number of halogens is 2. The summed E-state index contributed by atoms with van der Waals surface area (Å²) in [5.41, 5.74) is 0. The number of rotatable bonds is 4. The molecule has 0 unspecified atom stereocenters. The van der Waals surface area contributed by atoms with Gasteiger partial charge in [-0.1, -0.05) is 11.6 Å². The van der Waals surface area contributed by atoms with Crippen LogP contribution in [-0.4, -0.2) is 48.8 Å². The summed E-state index contributed by atoms with van der Waals surface area (Å²) in [6, 6.07) is 0. The van der Waals surface area contributed by atoms with Crippen LogP contribution in [0.2, 0.25) is 5.15 Å². The highest BCUT2D eigenvalue weighted by atomic mass is 35.5. The summed E-state index contributed by atoms with van der Waals surface area (Å²) in [7, 11) is 1.32. The number of esters is 1. The van der Waals surface area contributed by atoms with E-state index in [9.17, 15) is 9.18 Å². The molecule has 0 spiro atoms. The minimum absolute atomic E-state index is 0.0364. The monoisotopic (exact) mass is 303 g/mol. The quantitative estimate of drug-likeness (QED) is 0.619. The molecule has 0 N–H and O–H groups in total. The van der Waals surface area contributed by atoms with Gasteiger partial charge in [0, 0.05) is 13.1 Å². The molecule has 0 amide bonds. The van der Waals surface area contributed by atoms with E-state index in [2.05, 4.69) is 14.7 Å². The van der Waals surface area contributed by atoms with Crippen molar-refractivity contribution in [3.8, 4) is 0 Å². The van der Waals surface area contributed by atoms with Crippen LogP contribution in [0.25, 0.3) is 0 Å². The van der Waals surface area contributed by atoms with Crippen molar-refractivity contribution >= 4 is 23.4 Å². The van der Waals surface area contributed by atoms with E-state index >= 15 is 0 Å². The lowest BCUT2D eigenvalue weighted by Gasteiger charge is -2.32. The van der Waals surface area contributed by atoms with Gasteiger partial charge in [-0.25, -0.2) is 14.8 Å². The zero-order chi connectivity index (χ0) is 14.5. The minimum atomic E-state index is -0.608. The minimum Gasteiger partial charge on any atom is -0.467 e. The third kappa shape index (κ3) is 3.55. The molecule has 8 heteroatoms. The summed E-state index contributed by atoms with van der Waals surface area (Å²) < 4.78 is 23.7. The summed E-state index contributed by atoms with van der Waals surface area (Å²) in [5, 5.41) is -0.181. The van der Waals surface area contributed by atoms with E-state index in [4.69, 9.17) is 16.3 Å². The Bertz CT molecular complexity index is 481. The Hall–Kier alpha value is -1.47. The number of piperidine rings is 1. The highest BCUT2D eigenvalue weighted by molar-refractivity contribution is 6.29. The van der Waals surface area contributed by atoms with Crippen molar-refractivity contribution in [1.29, 1.82) is 0 Å². The highest BCUT2D eigenvalue weighted by Crippen LogP contribution is 2.24. The van der Waals surface area contributed by atoms with E-state index in [-0.39, 0.29) is 23.7 Å². The van der Waals surface area contributed by atoms with Crippen LogP contribution in [0.3, 0.4) is 0 Å². The third-order valence-electron chi connectivity index (χ3n) is 3.13. The number of hydrogen-bond donors (Lipinski definition) is 0. The summed E-state index contributed by atoms with van der Waals surface area (Å²) in [6.45, 7) is 1.10. The Morgan fingerprint density at radius 2 is 2.20 bits per heavy atom. The van der Waals surface area contributed by atoms with Crippen molar-refractivity contribution in [3.05, 3.63) is 17.3 Å². The summed E-state index contributed by atoms with van der Waals surface area (Å²) in [5.74, 6) is -0.805. The van der Waals surface area contributed by atoms with E-state index in [1.54, 1.807) is 4.90 Å². The predicted molar refractivity (Wildman–Crippen MR) is 70.2 cm³/mol. The molecule has 1 aliphatic heterocycles. The number of anilines is 1. The number of carbonyl (C=O) groups excluding carboxylic acids is 1. The van der Waals surface area contributed by atoms with Gasteiger partial charge < -0.3 is 14.4 Å². The number of methoxy groups -OCH3 is 1. The van der Waals surface area contributed by atoms with Crippen molar-refractivity contribution in [3.63, 3.8) is 0 Å². The zero-order valence-corrected chi connectivity index (χ0v) is 11.8. The van der Waals surface area contributed by atoms with Crippen molar-refractivity contribution in [2.24, 2.45) is 0 Å². The highest BCUT2D eigenvalue weighted by Gasteiger charge is 2.24. The Balaban J connectivity index is 1.88. The first-order valence-electron chi connectivity index (χ1n) is 6.21. The lowest BCUT2D eigenvalue weighted by molar-refractivity contribution is -0.148. The van der Waals surface area contributed by atoms with E-state index in [0.29, 0.717) is 25.9 Å². The van der Waals surface area contributed by atoms with Crippen LogP contribution < -0.4 is 4.90 Å². The standard InChI is InChI=1S/C12H15ClFN3O3/c1-19-9(18)6-20-8-2-4-17(5-3-8)12-10(14)11(13)15-7-16-12/h7-8H,2-6H2,1H3. The first-order chi connectivity index (χ1) is 9.61. The van der Waals surface area contributed by atoms with Crippen LogP contribution in [0.1, 0.15) is 12.8 Å². The second kappa shape index (κ2) is 6.81. The van der Waals surface area contributed by atoms with Gasteiger partial charge in [-0.05, 0) is 12.8 Å². The summed E-state index contributed by atoms with van der Waals surface area (Å²) >= 11 is 5.63. The largest absolute Gasteiger partial charge is 0.467 e. The molecule has 0 aromatic carbocycles. The fraction of sp³-hybridized carbons (Fsp3) is 0.583. The van der Waals surface area contributed by atoms with Gasteiger partial charge in [0.05, 0.1) is 13.2 Å². The fourth-order valence-corrected chi connectivity index (χ4v) is 2.17. The molecule has 1 fully saturated rings. The Kier molecular flexibility index (Phi) is 5.08. The number of ether oxygens (including phenoxy) is 2. The molecule has 1 saturated heterocycles. The molecule has 20 heavy (non-hydrogen) atoms. The van der Waals surface area contributed by atoms with E-state index in [1.165, 1.54) is 13.4 Å².